The van der Waals surface area contributed by atoms with Gasteiger partial charge in [0, 0.05) is 20.7 Å². The van der Waals surface area contributed by atoms with Crippen molar-refractivity contribution in [3.63, 3.8) is 0 Å². The number of carbonyl (C=O) groups is 1. The van der Waals surface area contributed by atoms with Crippen molar-refractivity contribution in [3.05, 3.63) is 75.2 Å². The van der Waals surface area contributed by atoms with E-state index >= 15 is 0 Å². The van der Waals surface area contributed by atoms with Crippen LogP contribution in [0.4, 0.5) is 5.69 Å². The summed E-state index contributed by atoms with van der Waals surface area (Å²) in [5, 5.41) is 12.6. The molecule has 0 fully saturated rings. The van der Waals surface area contributed by atoms with Gasteiger partial charge >= 0.3 is 0 Å². The summed E-state index contributed by atoms with van der Waals surface area (Å²) >= 11 is 9.35. The van der Waals surface area contributed by atoms with E-state index in [0.717, 1.165) is 10.0 Å². The van der Waals surface area contributed by atoms with Gasteiger partial charge in [-0.25, -0.2) is 0 Å². The summed E-state index contributed by atoms with van der Waals surface area (Å²) in [7, 11) is 0. The largest absolute Gasteiger partial charge is 0.489 e. The second-order valence-electron chi connectivity index (χ2n) is 5.37. The normalized spacial score (nSPS) is 10.8. The van der Waals surface area contributed by atoms with Crippen LogP contribution in [-0.2, 0) is 4.79 Å². The molecule has 0 aliphatic carbocycles. The highest BCUT2D eigenvalue weighted by molar-refractivity contribution is 9.10. The van der Waals surface area contributed by atoms with Crippen molar-refractivity contribution in [2.24, 2.45) is 0 Å². The van der Waals surface area contributed by atoms with Crippen LogP contribution in [0.15, 0.2) is 59.1 Å². The Labute approximate surface area is 165 Å². The third-order valence-corrected chi connectivity index (χ3v) is 4.17. The smallest absolute Gasteiger partial charge is 0.266 e. The molecule has 0 heterocycles. The fourth-order valence-corrected chi connectivity index (χ4v) is 2.69. The Morgan fingerprint density at radius 1 is 1.38 bits per heavy atom. The lowest BCUT2D eigenvalue weighted by atomic mass is 10.1. The fourth-order valence-electron chi connectivity index (χ4n) is 2.13. The van der Waals surface area contributed by atoms with E-state index in [9.17, 15) is 10.1 Å². The molecule has 132 valence electrons. The van der Waals surface area contributed by atoms with Crippen LogP contribution in [0.25, 0.3) is 6.08 Å². The molecule has 1 amide bonds. The minimum Gasteiger partial charge on any atom is -0.489 e. The molecule has 0 spiro atoms. The number of rotatable bonds is 6. The average molecular weight is 432 g/mol. The SMILES string of the molecule is C=CCOc1ccc(Br)cc1/C=C(\C#N)C(=O)Nc1cc(Cl)ccc1C. The minimum atomic E-state index is -0.521. The number of carbonyl (C=O) groups excluding carboxylic acids is 1. The van der Waals surface area contributed by atoms with Crippen molar-refractivity contribution < 1.29 is 9.53 Å². The quantitative estimate of drug-likeness (QED) is 0.372. The predicted octanol–water partition coefficient (Wildman–Crippen LogP) is 5.52. The molecule has 0 aliphatic heterocycles. The predicted molar refractivity (Wildman–Crippen MR) is 108 cm³/mol. The van der Waals surface area contributed by atoms with Crippen LogP contribution in [0.2, 0.25) is 5.02 Å². The highest BCUT2D eigenvalue weighted by Crippen LogP contribution is 2.26. The topological polar surface area (TPSA) is 62.1 Å². The molecule has 4 nitrogen and oxygen atoms in total. The molecule has 2 rings (SSSR count). The number of hydrogen-bond acceptors (Lipinski definition) is 3. The molecule has 0 unspecified atom stereocenters. The molecule has 2 aromatic carbocycles. The Balaban J connectivity index is 2.34. The molecule has 0 atom stereocenters. The van der Waals surface area contributed by atoms with E-state index in [1.807, 2.05) is 19.1 Å². The Bertz CT molecular complexity index is 917. The third kappa shape index (κ3) is 5.22. The number of nitrogens with one attached hydrogen (secondary N) is 1. The van der Waals surface area contributed by atoms with E-state index < -0.39 is 5.91 Å². The monoisotopic (exact) mass is 430 g/mol. The number of amides is 1. The number of nitrogens with zero attached hydrogens (tertiary/aromatic N) is 1. The number of aryl methyl sites for hydroxylation is 1. The van der Waals surface area contributed by atoms with Gasteiger partial charge < -0.3 is 10.1 Å². The second-order valence-corrected chi connectivity index (χ2v) is 6.72. The fraction of sp³-hybridized carbons (Fsp3) is 0.100. The Morgan fingerprint density at radius 3 is 2.85 bits per heavy atom. The summed E-state index contributed by atoms with van der Waals surface area (Å²) < 4.78 is 6.38. The maximum atomic E-state index is 12.5. The van der Waals surface area contributed by atoms with Crippen LogP contribution in [0, 0.1) is 18.3 Å². The molecule has 0 aliphatic rings. The van der Waals surface area contributed by atoms with Crippen molar-refractivity contribution in [3.8, 4) is 11.8 Å². The summed E-state index contributed by atoms with van der Waals surface area (Å²) in [6.07, 6.45) is 3.10. The van der Waals surface area contributed by atoms with Crippen molar-refractivity contribution in [1.29, 1.82) is 5.26 Å². The van der Waals surface area contributed by atoms with Crippen molar-refractivity contribution >= 4 is 45.2 Å². The molecule has 0 radical (unpaired) electrons. The molecule has 6 heteroatoms. The van der Waals surface area contributed by atoms with E-state index in [-0.39, 0.29) is 5.57 Å². The maximum Gasteiger partial charge on any atom is 0.266 e. The van der Waals surface area contributed by atoms with Gasteiger partial charge in [0.05, 0.1) is 0 Å². The van der Waals surface area contributed by atoms with E-state index in [4.69, 9.17) is 16.3 Å². The van der Waals surface area contributed by atoms with E-state index in [1.165, 1.54) is 6.08 Å². The minimum absolute atomic E-state index is 0.0501. The van der Waals surface area contributed by atoms with Gasteiger partial charge in [-0.2, -0.15) is 5.26 Å². The van der Waals surface area contributed by atoms with Crippen LogP contribution in [0.1, 0.15) is 11.1 Å². The van der Waals surface area contributed by atoms with E-state index in [0.29, 0.717) is 28.6 Å². The van der Waals surface area contributed by atoms with Gasteiger partial charge in [0.15, 0.2) is 0 Å². The number of halogens is 2. The molecule has 2 aromatic rings. The van der Waals surface area contributed by atoms with Gasteiger partial charge in [-0.3, -0.25) is 4.79 Å². The maximum absolute atomic E-state index is 12.5. The first-order valence-electron chi connectivity index (χ1n) is 7.67. The second kappa shape index (κ2) is 9.23. The van der Waals surface area contributed by atoms with Crippen LogP contribution in [-0.4, -0.2) is 12.5 Å². The van der Waals surface area contributed by atoms with Crippen LogP contribution >= 0.6 is 27.5 Å². The summed E-state index contributed by atoms with van der Waals surface area (Å²) in [5.41, 5.74) is 1.96. The molecular weight excluding hydrogens is 416 g/mol. The molecule has 1 N–H and O–H groups in total. The van der Waals surface area contributed by atoms with E-state index in [1.54, 1.807) is 36.4 Å². The molecule has 0 aromatic heterocycles. The summed E-state index contributed by atoms with van der Waals surface area (Å²) in [6.45, 7) is 5.78. The number of benzene rings is 2. The zero-order valence-corrected chi connectivity index (χ0v) is 16.4. The lowest BCUT2D eigenvalue weighted by Crippen LogP contribution is -2.14. The van der Waals surface area contributed by atoms with Gasteiger partial charge in [-0.1, -0.05) is 46.3 Å². The third-order valence-electron chi connectivity index (χ3n) is 3.44. The van der Waals surface area contributed by atoms with Crippen molar-refractivity contribution in [2.75, 3.05) is 11.9 Å². The van der Waals surface area contributed by atoms with E-state index in [2.05, 4.69) is 27.8 Å². The molecule has 26 heavy (non-hydrogen) atoms. The zero-order chi connectivity index (χ0) is 19.1. The van der Waals surface area contributed by atoms with Gasteiger partial charge in [-0.05, 0) is 48.9 Å². The lowest BCUT2D eigenvalue weighted by Gasteiger charge is -2.10. The Hall–Kier alpha value is -2.55. The number of hydrogen-bond donors (Lipinski definition) is 1. The lowest BCUT2D eigenvalue weighted by molar-refractivity contribution is -0.112. The van der Waals surface area contributed by atoms with Crippen molar-refractivity contribution in [2.45, 2.75) is 6.92 Å². The first-order valence-corrected chi connectivity index (χ1v) is 8.84. The summed E-state index contributed by atoms with van der Waals surface area (Å²) in [5.74, 6) is 0.0279. The number of nitriles is 1. The summed E-state index contributed by atoms with van der Waals surface area (Å²) in [6, 6.07) is 12.4. The van der Waals surface area contributed by atoms with Gasteiger partial charge in [0.2, 0.25) is 0 Å². The van der Waals surface area contributed by atoms with Crippen LogP contribution < -0.4 is 10.1 Å². The van der Waals surface area contributed by atoms with Gasteiger partial charge in [0.1, 0.15) is 24.0 Å². The number of anilines is 1. The van der Waals surface area contributed by atoms with Crippen LogP contribution in [0.5, 0.6) is 5.75 Å². The molecule has 0 saturated heterocycles. The standard InChI is InChI=1S/C20H16BrClN2O2/c1-3-8-26-19-7-5-16(21)10-14(19)9-15(12-23)20(25)24-18-11-17(22)6-4-13(18)2/h3-7,9-11H,1,8H2,2H3,(H,24,25)/b15-9+. The van der Waals surface area contributed by atoms with Gasteiger partial charge in [-0.15, -0.1) is 0 Å². The highest BCUT2D eigenvalue weighted by atomic mass is 79.9. The summed E-state index contributed by atoms with van der Waals surface area (Å²) in [4.78, 5) is 12.5. The van der Waals surface area contributed by atoms with Crippen LogP contribution in [0.3, 0.4) is 0 Å². The first kappa shape index (κ1) is 19.8. The Morgan fingerprint density at radius 2 is 2.15 bits per heavy atom. The molecule has 0 bridgehead atoms. The molecular formula is C20H16BrClN2O2. The highest BCUT2D eigenvalue weighted by Gasteiger charge is 2.13. The Kier molecular flexibility index (Phi) is 7.02. The zero-order valence-electron chi connectivity index (χ0n) is 14.1. The first-order chi connectivity index (χ1) is 12.4. The molecule has 0 saturated carbocycles. The van der Waals surface area contributed by atoms with Crippen molar-refractivity contribution in [1.82, 2.24) is 0 Å². The van der Waals surface area contributed by atoms with Gasteiger partial charge in [0.25, 0.3) is 5.91 Å². The average Bonchev–Trinajstić information content (AvgIpc) is 2.61. The number of ether oxygens (including phenoxy) is 1.